The zero-order chi connectivity index (χ0) is 15.0. The molecule has 0 spiro atoms. The standard InChI is InChI=1S/C9H11NO7S2/c1-17-9-7(10(11)12)4-6(18(2,13)14)5-8(9)19(3,15)16/h4-5H,1-3H3. The van der Waals surface area contributed by atoms with Crippen LogP contribution in [-0.4, -0.2) is 41.4 Å². The predicted octanol–water partition coefficient (Wildman–Crippen LogP) is 0.410. The highest BCUT2D eigenvalue weighted by Crippen LogP contribution is 2.36. The minimum absolute atomic E-state index is 0.458. The second kappa shape index (κ2) is 4.78. The Kier molecular flexibility index (Phi) is 3.87. The Morgan fingerprint density at radius 3 is 1.95 bits per heavy atom. The van der Waals surface area contributed by atoms with Crippen LogP contribution in [0.5, 0.6) is 5.75 Å². The van der Waals surface area contributed by atoms with E-state index in [1.165, 1.54) is 0 Å². The summed E-state index contributed by atoms with van der Waals surface area (Å²) in [6, 6.07) is 1.61. The van der Waals surface area contributed by atoms with Gasteiger partial charge in [0.15, 0.2) is 19.7 Å². The molecule has 1 rings (SSSR count). The second-order valence-electron chi connectivity index (χ2n) is 3.78. The van der Waals surface area contributed by atoms with Crippen molar-refractivity contribution in [2.24, 2.45) is 0 Å². The van der Waals surface area contributed by atoms with E-state index in [4.69, 9.17) is 4.74 Å². The van der Waals surface area contributed by atoms with Gasteiger partial charge in [-0.2, -0.15) is 0 Å². The minimum Gasteiger partial charge on any atom is -0.489 e. The van der Waals surface area contributed by atoms with Gasteiger partial charge >= 0.3 is 5.69 Å². The van der Waals surface area contributed by atoms with Crippen molar-refractivity contribution in [3.63, 3.8) is 0 Å². The zero-order valence-electron chi connectivity index (χ0n) is 10.3. The molecule has 106 valence electrons. The molecule has 0 saturated carbocycles. The van der Waals surface area contributed by atoms with Crippen molar-refractivity contribution >= 4 is 25.4 Å². The molecule has 8 nitrogen and oxygen atoms in total. The number of nitro benzene ring substituents is 1. The maximum Gasteiger partial charge on any atom is 0.313 e. The van der Waals surface area contributed by atoms with Crippen LogP contribution in [-0.2, 0) is 19.7 Å². The lowest BCUT2D eigenvalue weighted by Crippen LogP contribution is -2.07. The third kappa shape index (κ3) is 3.20. The Hall–Kier alpha value is -1.68. The van der Waals surface area contributed by atoms with Gasteiger partial charge < -0.3 is 4.74 Å². The molecule has 0 radical (unpaired) electrons. The van der Waals surface area contributed by atoms with E-state index in [0.29, 0.717) is 0 Å². The molecular formula is C9H11NO7S2. The van der Waals surface area contributed by atoms with Gasteiger partial charge in [0, 0.05) is 18.6 Å². The molecule has 0 aliphatic heterocycles. The van der Waals surface area contributed by atoms with E-state index in [-0.39, 0.29) is 0 Å². The van der Waals surface area contributed by atoms with Crippen LogP contribution >= 0.6 is 0 Å². The van der Waals surface area contributed by atoms with E-state index < -0.39 is 45.8 Å². The van der Waals surface area contributed by atoms with Crippen LogP contribution in [0.1, 0.15) is 0 Å². The smallest absolute Gasteiger partial charge is 0.313 e. The van der Waals surface area contributed by atoms with Gasteiger partial charge in [-0.1, -0.05) is 0 Å². The number of hydrogen-bond donors (Lipinski definition) is 0. The summed E-state index contributed by atoms with van der Waals surface area (Å²) >= 11 is 0. The van der Waals surface area contributed by atoms with Crippen LogP contribution < -0.4 is 4.74 Å². The van der Waals surface area contributed by atoms with E-state index in [0.717, 1.165) is 31.8 Å². The summed E-state index contributed by atoms with van der Waals surface area (Å²) in [5, 5.41) is 10.9. The first-order valence-corrected chi connectivity index (χ1v) is 8.53. The van der Waals surface area contributed by atoms with E-state index in [2.05, 4.69) is 0 Å². The zero-order valence-corrected chi connectivity index (χ0v) is 11.9. The Morgan fingerprint density at radius 1 is 1.11 bits per heavy atom. The number of methoxy groups -OCH3 is 1. The molecule has 0 atom stereocenters. The highest BCUT2D eigenvalue weighted by atomic mass is 32.2. The van der Waals surface area contributed by atoms with Crippen molar-refractivity contribution in [1.82, 2.24) is 0 Å². The maximum atomic E-state index is 11.6. The fourth-order valence-corrected chi connectivity index (χ4v) is 2.99. The largest absolute Gasteiger partial charge is 0.489 e. The Morgan fingerprint density at radius 2 is 1.63 bits per heavy atom. The van der Waals surface area contributed by atoms with Crippen LogP contribution in [0, 0.1) is 10.1 Å². The van der Waals surface area contributed by atoms with Gasteiger partial charge in [-0.05, 0) is 6.07 Å². The lowest BCUT2D eigenvalue weighted by atomic mass is 10.3. The molecule has 0 aromatic heterocycles. The molecule has 19 heavy (non-hydrogen) atoms. The number of nitrogens with zero attached hydrogens (tertiary/aromatic N) is 1. The number of rotatable bonds is 4. The number of sulfone groups is 2. The Balaban J connectivity index is 3.91. The number of ether oxygens (including phenoxy) is 1. The molecule has 0 heterocycles. The molecular weight excluding hydrogens is 298 g/mol. The summed E-state index contributed by atoms with van der Waals surface area (Å²) in [6.07, 6.45) is 1.63. The van der Waals surface area contributed by atoms with Crippen molar-refractivity contribution in [1.29, 1.82) is 0 Å². The fraction of sp³-hybridized carbons (Fsp3) is 0.333. The lowest BCUT2D eigenvalue weighted by molar-refractivity contribution is -0.386. The minimum atomic E-state index is -3.88. The quantitative estimate of drug-likeness (QED) is 0.583. The first-order valence-electron chi connectivity index (χ1n) is 4.75. The summed E-state index contributed by atoms with van der Waals surface area (Å²) in [7, 11) is -6.60. The summed E-state index contributed by atoms with van der Waals surface area (Å²) in [4.78, 5) is 8.98. The van der Waals surface area contributed by atoms with Crippen molar-refractivity contribution in [2.45, 2.75) is 9.79 Å². The SMILES string of the molecule is COc1c([N+](=O)[O-])cc(S(C)(=O)=O)cc1S(C)(=O)=O. The van der Waals surface area contributed by atoms with Crippen LogP contribution in [0.4, 0.5) is 5.69 Å². The van der Waals surface area contributed by atoms with Crippen molar-refractivity contribution in [3.8, 4) is 5.75 Å². The summed E-state index contributed by atoms with van der Waals surface area (Å²) in [5.74, 6) is -0.486. The lowest BCUT2D eigenvalue weighted by Gasteiger charge is -2.09. The number of nitro groups is 1. The molecule has 0 aliphatic rings. The van der Waals surface area contributed by atoms with Crippen molar-refractivity contribution in [2.75, 3.05) is 19.6 Å². The van der Waals surface area contributed by atoms with E-state index >= 15 is 0 Å². The summed E-state index contributed by atoms with van der Waals surface area (Å²) < 4.78 is 50.7. The van der Waals surface area contributed by atoms with E-state index in [1.807, 2.05) is 0 Å². The molecule has 0 unspecified atom stereocenters. The summed E-state index contributed by atoms with van der Waals surface area (Å²) in [6.45, 7) is 0. The molecule has 1 aromatic rings. The van der Waals surface area contributed by atoms with Gasteiger partial charge in [0.05, 0.1) is 16.9 Å². The first kappa shape index (κ1) is 15.4. The van der Waals surface area contributed by atoms with Gasteiger partial charge in [-0.15, -0.1) is 0 Å². The van der Waals surface area contributed by atoms with Crippen molar-refractivity contribution in [3.05, 3.63) is 22.2 Å². The highest BCUT2D eigenvalue weighted by molar-refractivity contribution is 7.91. The molecule has 0 aliphatic carbocycles. The Bertz CT molecular complexity index is 734. The third-order valence-electron chi connectivity index (χ3n) is 2.24. The monoisotopic (exact) mass is 309 g/mol. The van der Waals surface area contributed by atoms with E-state index in [9.17, 15) is 26.9 Å². The van der Waals surface area contributed by atoms with Gasteiger partial charge in [-0.3, -0.25) is 10.1 Å². The van der Waals surface area contributed by atoms with Crippen LogP contribution in [0.3, 0.4) is 0 Å². The van der Waals surface area contributed by atoms with Gasteiger partial charge in [0.25, 0.3) is 0 Å². The topological polar surface area (TPSA) is 121 Å². The second-order valence-corrected chi connectivity index (χ2v) is 7.78. The summed E-state index contributed by atoms with van der Waals surface area (Å²) in [5.41, 5.74) is -0.717. The Labute approximate surface area is 110 Å². The predicted molar refractivity (Wildman–Crippen MR) is 65.9 cm³/mol. The maximum absolute atomic E-state index is 11.6. The fourth-order valence-electron chi connectivity index (χ4n) is 1.39. The van der Waals surface area contributed by atoms with Gasteiger partial charge in [-0.25, -0.2) is 16.8 Å². The molecule has 0 saturated heterocycles. The van der Waals surface area contributed by atoms with E-state index in [1.54, 1.807) is 0 Å². The normalized spacial score (nSPS) is 12.2. The molecule has 0 amide bonds. The number of benzene rings is 1. The highest BCUT2D eigenvalue weighted by Gasteiger charge is 2.28. The van der Waals surface area contributed by atoms with Crippen molar-refractivity contribution < 1.29 is 26.5 Å². The third-order valence-corrected chi connectivity index (χ3v) is 4.43. The average Bonchev–Trinajstić information content (AvgIpc) is 2.24. The molecule has 0 fully saturated rings. The molecule has 0 bridgehead atoms. The average molecular weight is 309 g/mol. The van der Waals surface area contributed by atoms with Gasteiger partial charge in [0.2, 0.25) is 5.75 Å². The first-order chi connectivity index (χ1) is 8.48. The van der Waals surface area contributed by atoms with Crippen LogP contribution in [0.15, 0.2) is 21.9 Å². The molecule has 1 aromatic carbocycles. The molecule has 0 N–H and O–H groups in total. The van der Waals surface area contributed by atoms with Crippen LogP contribution in [0.25, 0.3) is 0 Å². The van der Waals surface area contributed by atoms with Gasteiger partial charge in [0.1, 0.15) is 4.90 Å². The van der Waals surface area contributed by atoms with Crippen LogP contribution in [0.2, 0.25) is 0 Å². The number of hydrogen-bond acceptors (Lipinski definition) is 7. The molecule has 10 heteroatoms.